The van der Waals surface area contributed by atoms with Crippen LogP contribution < -0.4 is 15.1 Å². The van der Waals surface area contributed by atoms with Crippen LogP contribution in [-0.4, -0.2) is 54.8 Å². The van der Waals surface area contributed by atoms with Gasteiger partial charge in [-0.3, -0.25) is 19.3 Å². The number of halogens is 1. The normalized spacial score (nSPS) is 19.7. The van der Waals surface area contributed by atoms with E-state index < -0.39 is 0 Å². The third-order valence-electron chi connectivity index (χ3n) is 7.22. The first-order chi connectivity index (χ1) is 17.0. The molecule has 7 nitrogen and oxygen atoms in total. The third-order valence-corrected chi connectivity index (χ3v) is 7.48. The summed E-state index contributed by atoms with van der Waals surface area (Å²) in [5, 5.41) is 3.55. The summed E-state index contributed by atoms with van der Waals surface area (Å²) >= 11 is 5.95. The molecule has 0 bridgehead atoms. The van der Waals surface area contributed by atoms with Gasteiger partial charge in [-0.15, -0.1) is 0 Å². The topological polar surface area (TPSA) is 73.0 Å². The van der Waals surface area contributed by atoms with Crippen molar-refractivity contribution in [3.63, 3.8) is 0 Å². The number of rotatable bonds is 5. The number of hydrogen-bond donors (Lipinski definition) is 1. The van der Waals surface area contributed by atoms with Crippen LogP contribution in [0.15, 0.2) is 42.5 Å². The molecular formula is C27H31ClN4O3. The van der Waals surface area contributed by atoms with Gasteiger partial charge in [-0.05, 0) is 74.4 Å². The summed E-state index contributed by atoms with van der Waals surface area (Å²) in [5.74, 6) is -0.314. The van der Waals surface area contributed by atoms with Gasteiger partial charge in [0.2, 0.25) is 11.8 Å². The first-order valence-electron chi connectivity index (χ1n) is 12.5. The lowest BCUT2D eigenvalue weighted by atomic mass is 9.95. The number of carbonyl (C=O) groups is 3. The van der Waals surface area contributed by atoms with Crippen molar-refractivity contribution in [1.82, 2.24) is 10.2 Å². The second-order valence-corrected chi connectivity index (χ2v) is 10.0. The van der Waals surface area contributed by atoms with Gasteiger partial charge < -0.3 is 15.1 Å². The van der Waals surface area contributed by atoms with Crippen LogP contribution in [0.2, 0.25) is 5.02 Å². The zero-order valence-electron chi connectivity index (χ0n) is 19.8. The summed E-state index contributed by atoms with van der Waals surface area (Å²) in [6, 6.07) is 12.7. The van der Waals surface area contributed by atoms with E-state index in [-0.39, 0.29) is 30.3 Å². The second kappa shape index (κ2) is 10.3. The molecule has 0 aliphatic carbocycles. The number of fused-ring (bicyclic) bond motifs is 3. The monoisotopic (exact) mass is 494 g/mol. The van der Waals surface area contributed by atoms with Crippen molar-refractivity contribution >= 4 is 40.7 Å². The van der Waals surface area contributed by atoms with Crippen LogP contribution >= 0.6 is 11.6 Å². The molecule has 3 heterocycles. The molecule has 0 aromatic heterocycles. The van der Waals surface area contributed by atoms with E-state index in [1.54, 1.807) is 17.0 Å². The predicted octanol–water partition coefficient (Wildman–Crippen LogP) is 3.99. The Labute approximate surface area is 211 Å². The number of hydrogen-bond acceptors (Lipinski definition) is 4. The van der Waals surface area contributed by atoms with Crippen molar-refractivity contribution in [2.75, 3.05) is 36.0 Å². The van der Waals surface area contributed by atoms with Gasteiger partial charge in [0, 0.05) is 36.8 Å². The van der Waals surface area contributed by atoms with Gasteiger partial charge >= 0.3 is 0 Å². The molecule has 35 heavy (non-hydrogen) atoms. The quantitative estimate of drug-likeness (QED) is 0.682. The highest BCUT2D eigenvalue weighted by Gasteiger charge is 2.40. The van der Waals surface area contributed by atoms with E-state index in [1.165, 1.54) is 0 Å². The van der Waals surface area contributed by atoms with Crippen molar-refractivity contribution in [2.45, 2.75) is 51.1 Å². The molecule has 3 amide bonds. The van der Waals surface area contributed by atoms with Gasteiger partial charge in [0.1, 0.15) is 12.6 Å². The number of nitrogens with one attached hydrogen (secondary N) is 1. The van der Waals surface area contributed by atoms with Gasteiger partial charge in [0.15, 0.2) is 0 Å². The van der Waals surface area contributed by atoms with Crippen molar-refractivity contribution in [1.29, 1.82) is 0 Å². The molecule has 2 saturated heterocycles. The highest BCUT2D eigenvalue weighted by atomic mass is 35.5. The van der Waals surface area contributed by atoms with Gasteiger partial charge in [-0.2, -0.15) is 0 Å². The lowest BCUT2D eigenvalue weighted by Gasteiger charge is -2.45. The summed E-state index contributed by atoms with van der Waals surface area (Å²) < 4.78 is 0. The number of carbonyl (C=O) groups excluding carboxylic acids is 3. The molecule has 184 valence electrons. The maximum Gasteiger partial charge on any atom is 0.253 e. The van der Waals surface area contributed by atoms with E-state index in [0.29, 0.717) is 22.8 Å². The Morgan fingerprint density at radius 1 is 0.914 bits per heavy atom. The lowest BCUT2D eigenvalue weighted by molar-refractivity contribution is -0.125. The zero-order chi connectivity index (χ0) is 24.4. The van der Waals surface area contributed by atoms with E-state index in [9.17, 15) is 14.4 Å². The summed E-state index contributed by atoms with van der Waals surface area (Å²) in [7, 11) is 0. The highest BCUT2D eigenvalue weighted by molar-refractivity contribution is 6.30. The molecule has 2 aromatic rings. The van der Waals surface area contributed by atoms with Gasteiger partial charge in [0.25, 0.3) is 5.91 Å². The molecule has 1 atom stereocenters. The predicted molar refractivity (Wildman–Crippen MR) is 137 cm³/mol. The summed E-state index contributed by atoms with van der Waals surface area (Å²) in [4.78, 5) is 45.3. The summed E-state index contributed by atoms with van der Waals surface area (Å²) in [6.07, 6.45) is 5.98. The molecule has 8 heteroatoms. The first kappa shape index (κ1) is 23.7. The number of piperidine rings is 2. The highest BCUT2D eigenvalue weighted by Crippen LogP contribution is 2.40. The Kier molecular flexibility index (Phi) is 6.95. The van der Waals surface area contributed by atoms with E-state index in [2.05, 4.69) is 10.2 Å². The van der Waals surface area contributed by atoms with Crippen LogP contribution in [0.4, 0.5) is 11.4 Å². The van der Waals surface area contributed by atoms with Crippen LogP contribution in [-0.2, 0) is 16.1 Å². The smallest absolute Gasteiger partial charge is 0.253 e. The van der Waals surface area contributed by atoms with Crippen molar-refractivity contribution in [3.8, 4) is 0 Å². The maximum absolute atomic E-state index is 13.5. The van der Waals surface area contributed by atoms with Crippen LogP contribution in [0, 0.1) is 0 Å². The van der Waals surface area contributed by atoms with Crippen LogP contribution in [0.3, 0.4) is 0 Å². The average molecular weight is 495 g/mol. The molecule has 2 fully saturated rings. The van der Waals surface area contributed by atoms with Gasteiger partial charge in [-0.25, -0.2) is 0 Å². The van der Waals surface area contributed by atoms with Gasteiger partial charge in [-0.1, -0.05) is 23.7 Å². The van der Waals surface area contributed by atoms with Crippen LogP contribution in [0.25, 0.3) is 0 Å². The molecule has 1 N–H and O–H groups in total. The van der Waals surface area contributed by atoms with Crippen LogP contribution in [0.5, 0.6) is 0 Å². The Hall–Kier alpha value is -3.06. The van der Waals surface area contributed by atoms with Crippen molar-refractivity contribution in [2.24, 2.45) is 0 Å². The van der Waals surface area contributed by atoms with Crippen molar-refractivity contribution < 1.29 is 14.4 Å². The zero-order valence-corrected chi connectivity index (χ0v) is 20.6. The molecule has 3 aliphatic heterocycles. The lowest BCUT2D eigenvalue weighted by Crippen LogP contribution is -2.57. The first-order valence-corrected chi connectivity index (χ1v) is 12.9. The minimum atomic E-state index is -0.260. The molecular weight excluding hydrogens is 464 g/mol. The minimum absolute atomic E-state index is 0.00661. The number of benzene rings is 2. The molecule has 3 aliphatic rings. The standard InChI is InChI=1S/C27H31ClN4O3/c28-21-10-7-19(8-11-21)17-29-25(33)18-32-24-16-20(26(34)30-13-3-1-4-14-30)9-12-22(24)31-15-5-2-6-23(31)27(32)35/h7-12,16,23H,1-6,13-15,17-18H2,(H,29,33)/t23-/m1/s1. The van der Waals surface area contributed by atoms with E-state index in [4.69, 9.17) is 11.6 Å². The summed E-state index contributed by atoms with van der Waals surface area (Å²) in [5.41, 5.74) is 3.08. The Morgan fingerprint density at radius 2 is 1.66 bits per heavy atom. The Balaban J connectivity index is 1.39. The second-order valence-electron chi connectivity index (χ2n) is 9.59. The molecule has 0 saturated carbocycles. The molecule has 0 spiro atoms. The van der Waals surface area contributed by atoms with E-state index in [1.807, 2.05) is 35.2 Å². The fraction of sp³-hybridized carbons (Fsp3) is 0.444. The SMILES string of the molecule is O=C(CN1C(=O)[C@H]2CCCCN2c2ccc(C(=O)N3CCCCC3)cc21)NCc1ccc(Cl)cc1. The summed E-state index contributed by atoms with van der Waals surface area (Å²) in [6.45, 7) is 2.61. The van der Waals surface area contributed by atoms with E-state index >= 15 is 0 Å². The van der Waals surface area contributed by atoms with Gasteiger partial charge in [0.05, 0.1) is 11.4 Å². The molecule has 0 radical (unpaired) electrons. The third kappa shape index (κ3) is 5.01. The molecule has 0 unspecified atom stereocenters. The number of anilines is 2. The average Bonchev–Trinajstić information content (AvgIpc) is 2.90. The van der Waals surface area contributed by atoms with E-state index in [0.717, 1.165) is 69.4 Å². The van der Waals surface area contributed by atoms with Crippen molar-refractivity contribution in [3.05, 3.63) is 58.6 Å². The maximum atomic E-state index is 13.5. The number of likely N-dealkylation sites (tertiary alicyclic amines) is 1. The minimum Gasteiger partial charge on any atom is -0.358 e. The largest absolute Gasteiger partial charge is 0.358 e. The Morgan fingerprint density at radius 3 is 2.43 bits per heavy atom. The molecule has 5 rings (SSSR count). The van der Waals surface area contributed by atoms with Crippen LogP contribution in [0.1, 0.15) is 54.4 Å². The Bertz CT molecular complexity index is 1110. The fourth-order valence-electron chi connectivity index (χ4n) is 5.34. The number of nitrogens with zero attached hydrogens (tertiary/aromatic N) is 3. The number of amides is 3. The fourth-order valence-corrected chi connectivity index (χ4v) is 5.46. The molecule has 2 aromatic carbocycles.